The minimum atomic E-state index is -1.11. The van der Waals surface area contributed by atoms with Gasteiger partial charge in [-0.25, -0.2) is 4.79 Å². The van der Waals surface area contributed by atoms with Gasteiger partial charge in [0.05, 0.1) is 7.11 Å². The number of nitrogens with zero attached hydrogens (tertiary/aromatic N) is 1. The molecule has 1 aliphatic heterocycles. The lowest BCUT2D eigenvalue weighted by Gasteiger charge is -2.37. The van der Waals surface area contributed by atoms with E-state index < -0.39 is 24.0 Å². The van der Waals surface area contributed by atoms with Gasteiger partial charge in [0, 0.05) is 24.1 Å². The lowest BCUT2D eigenvalue weighted by Crippen LogP contribution is -2.51. The van der Waals surface area contributed by atoms with Crippen LogP contribution in [0.4, 0.5) is 0 Å². The molecule has 1 unspecified atom stereocenters. The number of carboxylic acid groups (broad SMARTS) is 1. The summed E-state index contributed by atoms with van der Waals surface area (Å²) in [6.45, 7) is 0.396. The molecule has 0 aliphatic carbocycles. The first-order chi connectivity index (χ1) is 19.0. The van der Waals surface area contributed by atoms with E-state index in [0.29, 0.717) is 29.4 Å². The molecule has 39 heavy (non-hydrogen) atoms. The summed E-state index contributed by atoms with van der Waals surface area (Å²) in [6, 6.07) is 30.4. The van der Waals surface area contributed by atoms with E-state index in [9.17, 15) is 14.7 Å². The van der Waals surface area contributed by atoms with Crippen LogP contribution in [-0.2, 0) is 29.2 Å². The number of carbonyl (C=O) groups excluding carboxylic acids is 1. The molecule has 7 nitrogen and oxygen atoms in total. The minimum Gasteiger partial charge on any atom is -0.493 e. The van der Waals surface area contributed by atoms with Crippen molar-refractivity contribution in [2.45, 2.75) is 31.7 Å². The molecule has 0 saturated carbocycles. The van der Waals surface area contributed by atoms with Crippen molar-refractivity contribution in [3.63, 3.8) is 0 Å². The summed E-state index contributed by atoms with van der Waals surface area (Å²) >= 11 is 0. The Labute approximate surface area is 227 Å². The highest BCUT2D eigenvalue weighted by molar-refractivity contribution is 5.88. The molecule has 0 fully saturated rings. The van der Waals surface area contributed by atoms with Crippen LogP contribution in [0.15, 0.2) is 103 Å². The van der Waals surface area contributed by atoms with Gasteiger partial charge in [-0.15, -0.1) is 0 Å². The van der Waals surface area contributed by atoms with Gasteiger partial charge in [0.1, 0.15) is 18.4 Å². The second-order valence-corrected chi connectivity index (χ2v) is 9.25. The van der Waals surface area contributed by atoms with Crippen LogP contribution in [0.2, 0.25) is 0 Å². The van der Waals surface area contributed by atoms with E-state index in [1.807, 2.05) is 72.8 Å². The van der Waals surface area contributed by atoms with Crippen LogP contribution in [-0.4, -0.2) is 35.0 Å². The second-order valence-electron chi connectivity index (χ2n) is 9.25. The van der Waals surface area contributed by atoms with Crippen molar-refractivity contribution in [2.24, 2.45) is 0 Å². The van der Waals surface area contributed by atoms with Crippen molar-refractivity contribution in [1.82, 2.24) is 4.90 Å². The summed E-state index contributed by atoms with van der Waals surface area (Å²) in [5.41, 5.74) is 3.14. The maximum Gasteiger partial charge on any atom is 0.326 e. The zero-order valence-electron chi connectivity index (χ0n) is 21.5. The monoisotopic (exact) mass is 523 g/mol. The van der Waals surface area contributed by atoms with Crippen LogP contribution < -0.4 is 14.2 Å². The third kappa shape index (κ3) is 5.72. The topological polar surface area (TPSA) is 85.3 Å². The zero-order chi connectivity index (χ0) is 27.2. The number of benzene rings is 4. The molecular weight excluding hydrogens is 494 g/mol. The average Bonchev–Trinajstić information content (AvgIpc) is 2.99. The van der Waals surface area contributed by atoms with Gasteiger partial charge in [0.15, 0.2) is 11.5 Å². The molecule has 0 aromatic heterocycles. The first kappa shape index (κ1) is 25.9. The van der Waals surface area contributed by atoms with Crippen molar-refractivity contribution in [3.05, 3.63) is 125 Å². The minimum absolute atomic E-state index is 0.0740. The van der Waals surface area contributed by atoms with Crippen molar-refractivity contribution in [2.75, 3.05) is 7.11 Å². The van der Waals surface area contributed by atoms with Crippen molar-refractivity contribution in [3.8, 4) is 17.2 Å². The Morgan fingerprint density at radius 2 is 1.54 bits per heavy atom. The van der Waals surface area contributed by atoms with Crippen LogP contribution in [0.5, 0.6) is 17.2 Å². The van der Waals surface area contributed by atoms with E-state index in [1.165, 1.54) is 4.90 Å². The van der Waals surface area contributed by atoms with Gasteiger partial charge in [-0.3, -0.25) is 4.79 Å². The van der Waals surface area contributed by atoms with Gasteiger partial charge in [-0.1, -0.05) is 84.9 Å². The molecule has 0 radical (unpaired) electrons. The molecule has 7 heteroatoms. The number of ether oxygens (including phenoxy) is 3. The number of methoxy groups -OCH3 is 1. The molecule has 0 saturated heterocycles. The van der Waals surface area contributed by atoms with Crippen molar-refractivity contribution in [1.29, 1.82) is 0 Å². The number of para-hydroxylation sites is 1. The van der Waals surface area contributed by atoms with Gasteiger partial charge in [-0.05, 0) is 29.3 Å². The number of rotatable bonds is 9. The summed E-state index contributed by atoms with van der Waals surface area (Å²) in [6.07, 6.45) is -0.936. The van der Waals surface area contributed by atoms with Crippen LogP contribution in [0.3, 0.4) is 0 Å². The Bertz CT molecular complexity index is 1430. The standard InChI is InChI=1S/C32H29NO6/c1-37-28-18-17-24-20-33(27(32(35)36)19-26(24)30(28)38-21-22-11-5-2-6-12-22)31(34)29(23-13-7-3-8-14-23)39-25-15-9-4-10-16-25/h2-18,27,29H,19-21H2,1H3,(H,35,36)/t27-,29?/m0/s1. The van der Waals surface area contributed by atoms with E-state index in [4.69, 9.17) is 14.2 Å². The SMILES string of the molecule is COc1ccc2c(c1OCc1ccccc1)C[C@@H](C(=O)O)N(C(=O)C(Oc1ccccc1)c1ccccc1)C2. The highest BCUT2D eigenvalue weighted by Crippen LogP contribution is 2.39. The molecular formula is C32H29NO6. The van der Waals surface area contributed by atoms with Crippen molar-refractivity contribution < 1.29 is 28.9 Å². The highest BCUT2D eigenvalue weighted by Gasteiger charge is 2.40. The second kappa shape index (κ2) is 11.7. The fourth-order valence-electron chi connectivity index (χ4n) is 4.79. The first-order valence-electron chi connectivity index (χ1n) is 12.7. The summed E-state index contributed by atoms with van der Waals surface area (Å²) < 4.78 is 17.9. The smallest absolute Gasteiger partial charge is 0.326 e. The predicted molar refractivity (Wildman–Crippen MR) is 146 cm³/mol. The molecule has 198 valence electrons. The maximum absolute atomic E-state index is 14.0. The summed E-state index contributed by atoms with van der Waals surface area (Å²) in [7, 11) is 1.55. The Morgan fingerprint density at radius 3 is 2.18 bits per heavy atom. The zero-order valence-corrected chi connectivity index (χ0v) is 21.5. The number of aliphatic carboxylic acids is 1. The molecule has 1 heterocycles. The van der Waals surface area contributed by atoms with E-state index in [1.54, 1.807) is 37.4 Å². The van der Waals surface area contributed by atoms with Gasteiger partial charge in [-0.2, -0.15) is 0 Å². The Morgan fingerprint density at radius 1 is 0.897 bits per heavy atom. The summed E-state index contributed by atoms with van der Waals surface area (Å²) in [4.78, 5) is 28.0. The normalized spacial score (nSPS) is 15.1. The highest BCUT2D eigenvalue weighted by atomic mass is 16.5. The molecule has 4 aromatic rings. The van der Waals surface area contributed by atoms with E-state index in [2.05, 4.69) is 0 Å². The summed E-state index contributed by atoms with van der Waals surface area (Å²) in [5, 5.41) is 10.2. The Kier molecular flexibility index (Phi) is 7.78. The number of fused-ring (bicyclic) bond motifs is 1. The van der Waals surface area contributed by atoms with Crippen molar-refractivity contribution >= 4 is 11.9 Å². The van der Waals surface area contributed by atoms with Gasteiger partial charge < -0.3 is 24.2 Å². The fraction of sp³-hybridized carbons (Fsp3) is 0.188. The molecule has 1 N–H and O–H groups in total. The average molecular weight is 524 g/mol. The largest absolute Gasteiger partial charge is 0.493 e. The Balaban J connectivity index is 1.48. The van der Waals surface area contributed by atoms with Gasteiger partial charge in [0.25, 0.3) is 5.91 Å². The molecule has 0 bridgehead atoms. The van der Waals surface area contributed by atoms with Crippen LogP contribution >= 0.6 is 0 Å². The fourth-order valence-corrected chi connectivity index (χ4v) is 4.79. The molecule has 2 atom stereocenters. The van der Waals surface area contributed by atoms with Crippen LogP contribution in [0.1, 0.15) is 28.4 Å². The number of hydrogen-bond acceptors (Lipinski definition) is 5. The quantitative estimate of drug-likeness (QED) is 0.315. The van der Waals surface area contributed by atoms with Gasteiger partial charge >= 0.3 is 5.97 Å². The molecule has 5 rings (SSSR count). The predicted octanol–water partition coefficient (Wildman–Crippen LogP) is 5.43. The number of carboxylic acids is 1. The number of carbonyl (C=O) groups is 2. The van der Waals surface area contributed by atoms with Crippen LogP contribution in [0, 0.1) is 0 Å². The maximum atomic E-state index is 14.0. The first-order valence-corrected chi connectivity index (χ1v) is 12.7. The lowest BCUT2D eigenvalue weighted by atomic mass is 9.91. The third-order valence-electron chi connectivity index (χ3n) is 6.77. The number of hydrogen-bond donors (Lipinski definition) is 1. The van der Waals surface area contributed by atoms with E-state index in [0.717, 1.165) is 16.7 Å². The van der Waals surface area contributed by atoms with Crippen LogP contribution in [0.25, 0.3) is 0 Å². The third-order valence-corrected chi connectivity index (χ3v) is 6.77. The van der Waals surface area contributed by atoms with E-state index in [-0.39, 0.29) is 13.0 Å². The van der Waals surface area contributed by atoms with E-state index >= 15 is 0 Å². The molecule has 1 amide bonds. The van der Waals surface area contributed by atoms with Gasteiger partial charge in [0.2, 0.25) is 6.10 Å². The summed E-state index contributed by atoms with van der Waals surface area (Å²) in [5.74, 6) is 0.00821. The molecule has 0 spiro atoms. The Hall–Kier alpha value is -4.78. The molecule has 1 aliphatic rings. The molecule has 4 aromatic carbocycles. The number of amides is 1. The lowest BCUT2D eigenvalue weighted by molar-refractivity contribution is -0.155.